The quantitative estimate of drug-likeness (QED) is 0.402. The molecular weight excluding hydrogens is 411 g/mol. The number of likely N-dealkylation sites (N-methyl/N-ethyl adjacent to an activating group) is 1. The van der Waals surface area contributed by atoms with Gasteiger partial charge in [0, 0.05) is 31.7 Å². The molecule has 0 aliphatic rings. The van der Waals surface area contributed by atoms with E-state index in [4.69, 9.17) is 11.6 Å². The van der Waals surface area contributed by atoms with Crippen LogP contribution in [-0.2, 0) is 6.54 Å². The molecule has 0 saturated heterocycles. The summed E-state index contributed by atoms with van der Waals surface area (Å²) in [7, 11) is 4.16. The lowest BCUT2D eigenvalue weighted by molar-refractivity contribution is 0.361. The van der Waals surface area contributed by atoms with Crippen LogP contribution in [0.25, 0.3) is 0 Å². The molecule has 0 amide bonds. The third-order valence-electron chi connectivity index (χ3n) is 3.29. The molecule has 0 bridgehead atoms. The predicted molar refractivity (Wildman–Crippen MR) is 107 cm³/mol. The van der Waals surface area contributed by atoms with E-state index >= 15 is 0 Å². The van der Waals surface area contributed by atoms with E-state index in [2.05, 4.69) is 47.1 Å². The summed E-state index contributed by atoms with van der Waals surface area (Å²) in [4.78, 5) is 9.06. The number of hydrogen-bond acceptors (Lipinski definition) is 2. The summed E-state index contributed by atoms with van der Waals surface area (Å²) in [5.41, 5.74) is 1.18. The molecule has 0 aliphatic carbocycles. The third-order valence-corrected chi connectivity index (χ3v) is 3.52. The van der Waals surface area contributed by atoms with Crippen molar-refractivity contribution in [1.82, 2.24) is 15.1 Å². The van der Waals surface area contributed by atoms with E-state index in [0.717, 1.165) is 43.7 Å². The Morgan fingerprint density at radius 1 is 1.27 bits per heavy atom. The minimum absolute atomic E-state index is 0. The van der Waals surface area contributed by atoms with Crippen molar-refractivity contribution in [3.05, 3.63) is 34.9 Å². The molecule has 0 saturated carbocycles. The van der Waals surface area contributed by atoms with Crippen LogP contribution in [0, 0.1) is 0 Å². The summed E-state index contributed by atoms with van der Waals surface area (Å²) < 4.78 is 0. The maximum Gasteiger partial charge on any atom is 0.194 e. The van der Waals surface area contributed by atoms with Crippen LogP contribution >= 0.6 is 35.6 Å². The minimum Gasteiger partial charge on any atom is -0.357 e. The van der Waals surface area contributed by atoms with Gasteiger partial charge < -0.3 is 15.1 Å². The zero-order valence-corrected chi connectivity index (χ0v) is 17.1. The molecular formula is C16H28ClIN4. The van der Waals surface area contributed by atoms with Crippen molar-refractivity contribution < 1.29 is 0 Å². The molecule has 0 spiro atoms. The van der Waals surface area contributed by atoms with E-state index in [-0.39, 0.29) is 24.0 Å². The first-order valence-electron chi connectivity index (χ1n) is 7.49. The lowest BCUT2D eigenvalue weighted by Crippen LogP contribution is -2.39. The molecule has 0 radical (unpaired) electrons. The Morgan fingerprint density at radius 2 is 2.00 bits per heavy atom. The number of nitrogens with zero attached hydrogens (tertiary/aromatic N) is 3. The molecule has 1 aromatic rings. The first kappa shape index (κ1) is 21.5. The van der Waals surface area contributed by atoms with Gasteiger partial charge in [0.1, 0.15) is 0 Å². The van der Waals surface area contributed by atoms with Crippen LogP contribution in [0.4, 0.5) is 0 Å². The van der Waals surface area contributed by atoms with Crippen LogP contribution in [0.3, 0.4) is 0 Å². The molecule has 1 rings (SSSR count). The van der Waals surface area contributed by atoms with Crippen molar-refractivity contribution in [3.8, 4) is 0 Å². The molecule has 1 aromatic carbocycles. The SMILES string of the molecule is CCNC(=NCCN(C)CC)N(C)Cc1cccc(Cl)c1.I. The molecule has 4 nitrogen and oxygen atoms in total. The summed E-state index contributed by atoms with van der Waals surface area (Å²) >= 11 is 6.03. The predicted octanol–water partition coefficient (Wildman–Crippen LogP) is 3.31. The fourth-order valence-electron chi connectivity index (χ4n) is 1.94. The Bertz CT molecular complexity index is 454. The largest absolute Gasteiger partial charge is 0.357 e. The van der Waals surface area contributed by atoms with Gasteiger partial charge in [0.05, 0.1) is 6.54 Å². The standard InChI is InChI=1S/C16H27ClN4.HI/c1-5-18-16(19-10-11-20(3)6-2)21(4)13-14-8-7-9-15(17)12-14;/h7-9,12H,5-6,10-11,13H2,1-4H3,(H,18,19);1H. The summed E-state index contributed by atoms with van der Waals surface area (Å²) in [6.07, 6.45) is 0. The first-order valence-corrected chi connectivity index (χ1v) is 7.87. The summed E-state index contributed by atoms with van der Waals surface area (Å²) in [6.45, 7) is 8.70. The molecule has 0 unspecified atom stereocenters. The molecule has 0 heterocycles. The van der Waals surface area contributed by atoms with Crippen molar-refractivity contribution in [2.24, 2.45) is 4.99 Å². The van der Waals surface area contributed by atoms with Gasteiger partial charge in [-0.15, -0.1) is 24.0 Å². The average molecular weight is 439 g/mol. The zero-order valence-electron chi connectivity index (χ0n) is 14.0. The second-order valence-corrected chi connectivity index (χ2v) is 5.55. The fourth-order valence-corrected chi connectivity index (χ4v) is 2.15. The van der Waals surface area contributed by atoms with Crippen LogP contribution in [0.5, 0.6) is 0 Å². The fraction of sp³-hybridized carbons (Fsp3) is 0.562. The number of aliphatic imine (C=N–C) groups is 1. The Balaban J connectivity index is 0.00000441. The smallest absolute Gasteiger partial charge is 0.194 e. The van der Waals surface area contributed by atoms with Gasteiger partial charge in [-0.25, -0.2) is 0 Å². The Hall–Kier alpha value is -0.530. The summed E-state index contributed by atoms with van der Waals surface area (Å²) in [5.74, 6) is 0.932. The zero-order chi connectivity index (χ0) is 15.7. The van der Waals surface area contributed by atoms with Gasteiger partial charge in [-0.2, -0.15) is 0 Å². The van der Waals surface area contributed by atoms with Gasteiger partial charge in [0.15, 0.2) is 5.96 Å². The lowest BCUT2D eigenvalue weighted by Gasteiger charge is -2.22. The Kier molecular flexibility index (Phi) is 11.7. The second-order valence-electron chi connectivity index (χ2n) is 5.12. The lowest BCUT2D eigenvalue weighted by atomic mass is 10.2. The van der Waals surface area contributed by atoms with Crippen molar-refractivity contribution in [2.45, 2.75) is 20.4 Å². The average Bonchev–Trinajstić information content (AvgIpc) is 2.46. The number of nitrogens with one attached hydrogen (secondary N) is 1. The van der Waals surface area contributed by atoms with Gasteiger partial charge >= 0.3 is 0 Å². The Labute approximate surface area is 156 Å². The number of rotatable bonds is 7. The van der Waals surface area contributed by atoms with Gasteiger partial charge in [-0.05, 0) is 38.2 Å². The van der Waals surface area contributed by atoms with Gasteiger partial charge in [0.2, 0.25) is 0 Å². The highest BCUT2D eigenvalue weighted by Crippen LogP contribution is 2.12. The topological polar surface area (TPSA) is 30.9 Å². The van der Waals surface area contributed by atoms with E-state index in [1.54, 1.807) is 0 Å². The van der Waals surface area contributed by atoms with Crippen LogP contribution in [0.15, 0.2) is 29.3 Å². The number of benzene rings is 1. The first-order chi connectivity index (χ1) is 10.1. The Morgan fingerprint density at radius 3 is 2.59 bits per heavy atom. The molecule has 1 N–H and O–H groups in total. The van der Waals surface area contributed by atoms with E-state index in [0.29, 0.717) is 0 Å². The van der Waals surface area contributed by atoms with E-state index in [1.807, 2.05) is 25.2 Å². The minimum atomic E-state index is 0. The van der Waals surface area contributed by atoms with Crippen molar-refractivity contribution in [2.75, 3.05) is 40.3 Å². The molecule has 0 atom stereocenters. The van der Waals surface area contributed by atoms with Crippen LogP contribution in [-0.4, -0.2) is 56.0 Å². The highest BCUT2D eigenvalue weighted by molar-refractivity contribution is 14.0. The van der Waals surface area contributed by atoms with Crippen molar-refractivity contribution in [3.63, 3.8) is 0 Å². The molecule has 0 aliphatic heterocycles. The van der Waals surface area contributed by atoms with Gasteiger partial charge in [-0.1, -0.05) is 30.7 Å². The second kappa shape index (κ2) is 12.0. The molecule has 0 aromatic heterocycles. The maximum absolute atomic E-state index is 6.03. The van der Waals surface area contributed by atoms with Crippen molar-refractivity contribution >= 4 is 41.5 Å². The van der Waals surface area contributed by atoms with Crippen LogP contribution in [0.1, 0.15) is 19.4 Å². The monoisotopic (exact) mass is 438 g/mol. The number of hydrogen-bond donors (Lipinski definition) is 1. The summed E-state index contributed by atoms with van der Waals surface area (Å²) in [6, 6.07) is 7.94. The maximum atomic E-state index is 6.03. The molecule has 6 heteroatoms. The molecule has 22 heavy (non-hydrogen) atoms. The highest BCUT2D eigenvalue weighted by Gasteiger charge is 2.06. The number of halogens is 2. The van der Waals surface area contributed by atoms with Crippen LogP contribution < -0.4 is 5.32 Å². The normalized spacial score (nSPS) is 11.3. The van der Waals surface area contributed by atoms with E-state index in [9.17, 15) is 0 Å². The van der Waals surface area contributed by atoms with Crippen molar-refractivity contribution in [1.29, 1.82) is 0 Å². The van der Waals surface area contributed by atoms with Gasteiger partial charge in [0.25, 0.3) is 0 Å². The van der Waals surface area contributed by atoms with Crippen LogP contribution in [0.2, 0.25) is 5.02 Å². The van der Waals surface area contributed by atoms with E-state index in [1.165, 1.54) is 5.56 Å². The molecule has 126 valence electrons. The van der Waals surface area contributed by atoms with Gasteiger partial charge in [-0.3, -0.25) is 4.99 Å². The molecule has 0 fully saturated rings. The summed E-state index contributed by atoms with van der Waals surface area (Å²) in [5, 5.41) is 4.10. The third kappa shape index (κ3) is 8.19. The van der Waals surface area contributed by atoms with E-state index < -0.39 is 0 Å². The highest BCUT2D eigenvalue weighted by atomic mass is 127. The number of guanidine groups is 1.